The third-order valence-electron chi connectivity index (χ3n) is 4.05. The lowest BCUT2D eigenvalue weighted by atomic mass is 9.79. The maximum absolute atomic E-state index is 5.77. The Bertz CT molecular complexity index is 596. The number of hydrazine groups is 1. The Morgan fingerprint density at radius 2 is 2.10 bits per heavy atom. The second-order valence-electron chi connectivity index (χ2n) is 5.27. The Hall–Kier alpha value is -1.23. The van der Waals surface area contributed by atoms with Gasteiger partial charge in [0.25, 0.3) is 0 Å². The SMILES string of the molecule is NNC(c1cccc(C2CCC2)c1)c1ncccc1Br. The molecule has 0 spiro atoms. The number of nitrogens with zero attached hydrogens (tertiary/aromatic N) is 1. The van der Waals surface area contributed by atoms with E-state index in [4.69, 9.17) is 5.84 Å². The van der Waals surface area contributed by atoms with Gasteiger partial charge in [0, 0.05) is 10.7 Å². The van der Waals surface area contributed by atoms with Crippen molar-refractivity contribution < 1.29 is 0 Å². The number of nitrogens with two attached hydrogens (primary N) is 1. The molecule has 0 radical (unpaired) electrons. The summed E-state index contributed by atoms with van der Waals surface area (Å²) in [6, 6.07) is 12.5. The normalized spacial score (nSPS) is 16.7. The highest BCUT2D eigenvalue weighted by Gasteiger charge is 2.22. The molecular weight excluding hydrogens is 314 g/mol. The first-order valence-corrected chi connectivity index (χ1v) is 7.75. The van der Waals surface area contributed by atoms with Crippen molar-refractivity contribution in [2.75, 3.05) is 0 Å². The van der Waals surface area contributed by atoms with Gasteiger partial charge in [-0.15, -0.1) is 0 Å². The zero-order chi connectivity index (χ0) is 13.9. The average molecular weight is 332 g/mol. The molecule has 0 amide bonds. The molecule has 1 atom stereocenters. The summed E-state index contributed by atoms with van der Waals surface area (Å²) in [5.74, 6) is 6.49. The zero-order valence-corrected chi connectivity index (χ0v) is 12.8. The van der Waals surface area contributed by atoms with Crippen molar-refractivity contribution in [3.8, 4) is 0 Å². The van der Waals surface area contributed by atoms with Gasteiger partial charge in [-0.1, -0.05) is 30.7 Å². The van der Waals surface area contributed by atoms with Crippen LogP contribution in [0.5, 0.6) is 0 Å². The standard InChI is InChI=1S/C16H18BrN3/c17-14-8-3-9-19-16(14)15(20-18)13-7-2-6-12(10-13)11-4-1-5-11/h2-3,6-11,15,20H,1,4-5,18H2. The van der Waals surface area contributed by atoms with E-state index >= 15 is 0 Å². The van der Waals surface area contributed by atoms with Gasteiger partial charge >= 0.3 is 0 Å². The minimum atomic E-state index is -0.0920. The van der Waals surface area contributed by atoms with Crippen molar-refractivity contribution in [1.29, 1.82) is 0 Å². The van der Waals surface area contributed by atoms with E-state index in [2.05, 4.69) is 50.6 Å². The van der Waals surface area contributed by atoms with E-state index in [-0.39, 0.29) is 6.04 Å². The lowest BCUT2D eigenvalue weighted by molar-refractivity contribution is 0.419. The number of pyridine rings is 1. The molecule has 0 saturated heterocycles. The van der Waals surface area contributed by atoms with Crippen LogP contribution in [-0.2, 0) is 0 Å². The molecule has 0 bridgehead atoms. The monoisotopic (exact) mass is 331 g/mol. The zero-order valence-electron chi connectivity index (χ0n) is 11.2. The van der Waals surface area contributed by atoms with Crippen LogP contribution in [0.1, 0.15) is 48.0 Å². The summed E-state index contributed by atoms with van der Waals surface area (Å²) in [5.41, 5.74) is 6.38. The molecule has 3 nitrogen and oxygen atoms in total. The first kappa shape index (κ1) is 13.7. The highest BCUT2D eigenvalue weighted by Crippen LogP contribution is 2.37. The second kappa shape index (κ2) is 6.04. The van der Waals surface area contributed by atoms with E-state index < -0.39 is 0 Å². The van der Waals surface area contributed by atoms with Gasteiger partial charge in [-0.2, -0.15) is 0 Å². The number of hydrogen-bond donors (Lipinski definition) is 2. The van der Waals surface area contributed by atoms with E-state index in [1.54, 1.807) is 6.20 Å². The van der Waals surface area contributed by atoms with Gasteiger partial charge < -0.3 is 0 Å². The van der Waals surface area contributed by atoms with E-state index in [1.165, 1.54) is 24.8 Å². The fraction of sp³-hybridized carbons (Fsp3) is 0.312. The van der Waals surface area contributed by atoms with Crippen LogP contribution in [0.15, 0.2) is 47.1 Å². The van der Waals surface area contributed by atoms with Crippen molar-refractivity contribution >= 4 is 15.9 Å². The third-order valence-corrected chi connectivity index (χ3v) is 4.72. The van der Waals surface area contributed by atoms with Crippen molar-refractivity contribution in [2.24, 2.45) is 5.84 Å². The van der Waals surface area contributed by atoms with E-state index in [9.17, 15) is 0 Å². The highest BCUT2D eigenvalue weighted by molar-refractivity contribution is 9.10. The third kappa shape index (κ3) is 2.64. The fourth-order valence-electron chi connectivity index (χ4n) is 2.68. The van der Waals surface area contributed by atoms with Crippen molar-refractivity contribution in [3.63, 3.8) is 0 Å². The first-order chi connectivity index (χ1) is 9.79. The van der Waals surface area contributed by atoms with Gasteiger partial charge in [0.05, 0.1) is 11.7 Å². The summed E-state index contributed by atoms with van der Waals surface area (Å²) in [6.45, 7) is 0. The molecule has 3 N–H and O–H groups in total. The Morgan fingerprint density at radius 1 is 1.25 bits per heavy atom. The number of aromatic nitrogens is 1. The first-order valence-electron chi connectivity index (χ1n) is 6.96. The van der Waals surface area contributed by atoms with Gasteiger partial charge in [-0.25, -0.2) is 5.43 Å². The van der Waals surface area contributed by atoms with Crippen molar-refractivity contribution in [2.45, 2.75) is 31.2 Å². The molecule has 1 fully saturated rings. The summed E-state index contributed by atoms with van der Waals surface area (Å²) in [7, 11) is 0. The minimum absolute atomic E-state index is 0.0920. The van der Waals surface area contributed by atoms with Crippen LogP contribution in [0, 0.1) is 0 Å². The van der Waals surface area contributed by atoms with Gasteiger partial charge in [0.2, 0.25) is 0 Å². The molecule has 4 heteroatoms. The van der Waals surface area contributed by atoms with E-state index in [0.29, 0.717) is 0 Å². The smallest absolute Gasteiger partial charge is 0.0893 e. The van der Waals surface area contributed by atoms with Gasteiger partial charge in [-0.05, 0) is 57.9 Å². The maximum atomic E-state index is 5.77. The molecule has 1 aliphatic carbocycles. The minimum Gasteiger partial charge on any atom is -0.271 e. The summed E-state index contributed by atoms with van der Waals surface area (Å²) in [5, 5.41) is 0. The van der Waals surface area contributed by atoms with Crippen molar-refractivity contribution in [1.82, 2.24) is 10.4 Å². The van der Waals surface area contributed by atoms with E-state index in [1.807, 2.05) is 12.1 Å². The Morgan fingerprint density at radius 3 is 2.75 bits per heavy atom. The van der Waals surface area contributed by atoms with Crippen LogP contribution in [0.2, 0.25) is 0 Å². The Labute approximate surface area is 127 Å². The summed E-state index contributed by atoms with van der Waals surface area (Å²) in [6.07, 6.45) is 5.74. The lowest BCUT2D eigenvalue weighted by Crippen LogP contribution is -2.30. The topological polar surface area (TPSA) is 50.9 Å². The number of nitrogens with one attached hydrogen (secondary N) is 1. The molecule has 104 valence electrons. The molecule has 1 saturated carbocycles. The molecule has 20 heavy (non-hydrogen) atoms. The van der Waals surface area contributed by atoms with Crippen LogP contribution in [0.4, 0.5) is 0 Å². The molecule has 3 rings (SSSR count). The number of benzene rings is 1. The number of rotatable bonds is 4. The Balaban J connectivity index is 1.95. The second-order valence-corrected chi connectivity index (χ2v) is 6.12. The van der Waals surface area contributed by atoms with Crippen LogP contribution in [0.25, 0.3) is 0 Å². The van der Waals surface area contributed by atoms with Crippen LogP contribution in [0.3, 0.4) is 0 Å². The molecule has 1 unspecified atom stereocenters. The molecule has 2 aromatic rings. The van der Waals surface area contributed by atoms with Gasteiger partial charge in [0.15, 0.2) is 0 Å². The molecule has 1 aromatic carbocycles. The summed E-state index contributed by atoms with van der Waals surface area (Å²) < 4.78 is 0.969. The number of halogens is 1. The molecule has 0 aliphatic heterocycles. The largest absolute Gasteiger partial charge is 0.271 e. The maximum Gasteiger partial charge on any atom is 0.0893 e. The highest BCUT2D eigenvalue weighted by atomic mass is 79.9. The molecule has 1 aromatic heterocycles. The lowest BCUT2D eigenvalue weighted by Gasteiger charge is -2.27. The molecule has 1 aliphatic rings. The van der Waals surface area contributed by atoms with Gasteiger partial charge in [-0.3, -0.25) is 10.8 Å². The van der Waals surface area contributed by atoms with E-state index in [0.717, 1.165) is 21.6 Å². The average Bonchev–Trinajstić information content (AvgIpc) is 2.40. The van der Waals surface area contributed by atoms with Gasteiger partial charge in [0.1, 0.15) is 0 Å². The quantitative estimate of drug-likeness (QED) is 0.664. The fourth-order valence-corrected chi connectivity index (χ4v) is 3.16. The van der Waals surface area contributed by atoms with Crippen LogP contribution < -0.4 is 11.3 Å². The predicted octanol–water partition coefficient (Wildman–Crippen LogP) is 3.66. The Kier molecular flexibility index (Phi) is 4.15. The van der Waals surface area contributed by atoms with Crippen LogP contribution >= 0.6 is 15.9 Å². The predicted molar refractivity (Wildman–Crippen MR) is 84.1 cm³/mol. The summed E-state index contributed by atoms with van der Waals surface area (Å²) in [4.78, 5) is 4.45. The molecule has 1 heterocycles. The summed E-state index contributed by atoms with van der Waals surface area (Å²) >= 11 is 3.55. The van der Waals surface area contributed by atoms with Crippen LogP contribution in [-0.4, -0.2) is 4.98 Å². The number of hydrogen-bond acceptors (Lipinski definition) is 3. The van der Waals surface area contributed by atoms with Crippen molar-refractivity contribution in [3.05, 3.63) is 63.9 Å². The molecular formula is C16H18BrN3.